The number of isothiocyanates is 2. The van der Waals surface area contributed by atoms with Gasteiger partial charge in [-0.25, -0.2) is 9.98 Å². The van der Waals surface area contributed by atoms with E-state index in [9.17, 15) is 0 Å². The fraction of sp³-hybridized carbons (Fsp3) is 0.263. The monoisotopic (exact) mass is 338 g/mol. The molecule has 0 spiro atoms. The summed E-state index contributed by atoms with van der Waals surface area (Å²) in [5.41, 5.74) is 4.59. The molecule has 0 amide bonds. The molecule has 0 aliphatic heterocycles. The van der Waals surface area contributed by atoms with Gasteiger partial charge in [-0.1, -0.05) is 62.4 Å². The van der Waals surface area contributed by atoms with Crippen molar-refractivity contribution >= 4 is 34.8 Å². The highest BCUT2D eigenvalue weighted by Crippen LogP contribution is 2.36. The molecule has 2 aromatic carbocycles. The molecule has 0 N–H and O–H groups in total. The molecule has 0 aromatic heterocycles. The van der Waals surface area contributed by atoms with E-state index in [1.807, 2.05) is 12.1 Å². The van der Waals surface area contributed by atoms with E-state index < -0.39 is 0 Å². The topological polar surface area (TPSA) is 24.7 Å². The molecule has 4 heteroatoms. The second kappa shape index (κ2) is 8.05. The number of hydrogen-bond donors (Lipinski definition) is 0. The zero-order valence-electron chi connectivity index (χ0n) is 13.2. The summed E-state index contributed by atoms with van der Waals surface area (Å²) >= 11 is 9.41. The highest BCUT2D eigenvalue weighted by molar-refractivity contribution is 7.78. The molecule has 2 aromatic rings. The summed E-state index contributed by atoms with van der Waals surface area (Å²) in [5, 5.41) is 4.89. The summed E-state index contributed by atoms with van der Waals surface area (Å²) in [4.78, 5) is 8.21. The van der Waals surface area contributed by atoms with Crippen LogP contribution in [0.15, 0.2) is 58.5 Å². The standard InChI is InChI=1S/C19H18N2S2/c1-19(2,17-9-5-3-7-15(17)11-20-13-22)18-10-6-4-8-16(18)12-21-14-23/h3-10H,11-12H2,1-2H3. The Morgan fingerprint density at radius 1 is 0.783 bits per heavy atom. The maximum atomic E-state index is 4.70. The second-order valence-electron chi connectivity index (χ2n) is 5.75. The van der Waals surface area contributed by atoms with Gasteiger partial charge >= 0.3 is 0 Å². The van der Waals surface area contributed by atoms with Gasteiger partial charge in [0.2, 0.25) is 0 Å². The Labute approximate surface area is 148 Å². The number of thiocarbonyl (C=S) groups is 2. The second-order valence-corrected chi connectivity index (χ2v) is 6.12. The van der Waals surface area contributed by atoms with Gasteiger partial charge in [0, 0.05) is 5.41 Å². The summed E-state index contributed by atoms with van der Waals surface area (Å²) in [6.07, 6.45) is 0. The molecular weight excluding hydrogens is 320 g/mol. The third kappa shape index (κ3) is 4.07. The van der Waals surface area contributed by atoms with E-state index >= 15 is 0 Å². The van der Waals surface area contributed by atoms with Crippen LogP contribution in [-0.2, 0) is 18.5 Å². The summed E-state index contributed by atoms with van der Waals surface area (Å²) in [5.74, 6) is 0. The number of hydrogen-bond acceptors (Lipinski definition) is 4. The van der Waals surface area contributed by atoms with E-state index in [2.05, 4.69) is 70.6 Å². The van der Waals surface area contributed by atoms with Gasteiger partial charge in [-0.15, -0.1) is 0 Å². The van der Waals surface area contributed by atoms with E-state index in [1.165, 1.54) is 11.1 Å². The molecule has 23 heavy (non-hydrogen) atoms. The zero-order valence-corrected chi connectivity index (χ0v) is 14.9. The van der Waals surface area contributed by atoms with E-state index in [4.69, 9.17) is 24.4 Å². The predicted molar refractivity (Wildman–Crippen MR) is 102 cm³/mol. The van der Waals surface area contributed by atoms with Crippen molar-refractivity contribution in [1.29, 1.82) is 0 Å². The van der Waals surface area contributed by atoms with Crippen molar-refractivity contribution in [3.8, 4) is 0 Å². The smallest absolute Gasteiger partial charge is 0.0746 e. The number of benzene rings is 2. The lowest BCUT2D eigenvalue weighted by Gasteiger charge is -2.30. The van der Waals surface area contributed by atoms with Crippen LogP contribution >= 0.6 is 24.4 Å². The van der Waals surface area contributed by atoms with Gasteiger partial charge in [-0.05, 0) is 46.7 Å². The molecule has 0 fully saturated rings. The summed E-state index contributed by atoms with van der Waals surface area (Å²) in [6.45, 7) is 5.52. The highest BCUT2D eigenvalue weighted by Gasteiger charge is 2.27. The van der Waals surface area contributed by atoms with Crippen LogP contribution in [0.4, 0.5) is 0 Å². The van der Waals surface area contributed by atoms with Crippen molar-refractivity contribution in [2.45, 2.75) is 32.4 Å². The molecule has 0 atom stereocenters. The molecule has 0 radical (unpaired) electrons. The van der Waals surface area contributed by atoms with E-state index in [-0.39, 0.29) is 5.41 Å². The summed E-state index contributed by atoms with van der Waals surface area (Å²) < 4.78 is 0. The molecule has 0 saturated heterocycles. The van der Waals surface area contributed by atoms with Gasteiger partial charge < -0.3 is 0 Å². The summed E-state index contributed by atoms with van der Waals surface area (Å²) in [6, 6.07) is 16.6. The summed E-state index contributed by atoms with van der Waals surface area (Å²) in [7, 11) is 0. The van der Waals surface area contributed by atoms with Crippen LogP contribution in [0.1, 0.15) is 36.1 Å². The lowest BCUT2D eigenvalue weighted by atomic mass is 9.74. The molecule has 2 nitrogen and oxygen atoms in total. The van der Waals surface area contributed by atoms with Crippen LogP contribution in [-0.4, -0.2) is 10.3 Å². The first kappa shape index (κ1) is 17.4. The van der Waals surface area contributed by atoms with Crippen LogP contribution in [0.5, 0.6) is 0 Å². The average molecular weight is 339 g/mol. The zero-order chi connectivity index (χ0) is 16.7. The van der Waals surface area contributed by atoms with Gasteiger partial charge in [0.1, 0.15) is 0 Å². The maximum Gasteiger partial charge on any atom is 0.0746 e. The van der Waals surface area contributed by atoms with Crippen molar-refractivity contribution < 1.29 is 0 Å². The highest BCUT2D eigenvalue weighted by atomic mass is 32.1. The SMILES string of the molecule is CC(C)(c1ccccc1CN=C=S)c1ccccc1CN=C=S. The van der Waals surface area contributed by atoms with Crippen molar-refractivity contribution in [2.24, 2.45) is 9.98 Å². The Bertz CT molecular complexity index is 718. The minimum Gasteiger partial charge on any atom is -0.228 e. The minimum absolute atomic E-state index is 0.179. The molecule has 0 bridgehead atoms. The van der Waals surface area contributed by atoms with E-state index in [1.54, 1.807) is 0 Å². The largest absolute Gasteiger partial charge is 0.228 e. The van der Waals surface area contributed by atoms with Gasteiger partial charge in [0.05, 0.1) is 23.4 Å². The van der Waals surface area contributed by atoms with Gasteiger partial charge in [-0.3, -0.25) is 0 Å². The number of rotatable bonds is 6. The van der Waals surface area contributed by atoms with Crippen molar-refractivity contribution in [3.63, 3.8) is 0 Å². The predicted octanol–water partition coefficient (Wildman–Crippen LogP) is 5.22. The van der Waals surface area contributed by atoms with Crippen LogP contribution < -0.4 is 0 Å². The van der Waals surface area contributed by atoms with Crippen LogP contribution in [0.25, 0.3) is 0 Å². The van der Waals surface area contributed by atoms with Crippen LogP contribution in [0.3, 0.4) is 0 Å². The van der Waals surface area contributed by atoms with E-state index in [0.717, 1.165) is 11.1 Å². The lowest BCUT2D eigenvalue weighted by molar-refractivity contribution is 0.623. The molecule has 0 aliphatic rings. The first-order valence-electron chi connectivity index (χ1n) is 7.35. The van der Waals surface area contributed by atoms with Gasteiger partial charge in [-0.2, -0.15) is 0 Å². The Hall–Kier alpha value is -1.96. The molecule has 0 saturated carbocycles. The number of aliphatic imine (C=N–C) groups is 2. The third-order valence-electron chi connectivity index (χ3n) is 4.01. The first-order valence-corrected chi connectivity index (χ1v) is 8.17. The number of nitrogens with zero attached hydrogens (tertiary/aromatic N) is 2. The molecule has 0 unspecified atom stereocenters. The van der Waals surface area contributed by atoms with Crippen LogP contribution in [0, 0.1) is 0 Å². The Kier molecular flexibility index (Phi) is 6.09. The Balaban J connectivity index is 2.54. The first-order chi connectivity index (χ1) is 11.1. The van der Waals surface area contributed by atoms with Crippen LogP contribution in [0.2, 0.25) is 0 Å². The molecule has 0 heterocycles. The minimum atomic E-state index is -0.179. The average Bonchev–Trinajstić information content (AvgIpc) is 2.58. The molecule has 116 valence electrons. The molecular formula is C19H18N2S2. The molecule has 0 aliphatic carbocycles. The fourth-order valence-electron chi connectivity index (χ4n) is 2.92. The van der Waals surface area contributed by atoms with E-state index in [0.29, 0.717) is 13.1 Å². The van der Waals surface area contributed by atoms with Crippen molar-refractivity contribution in [3.05, 3.63) is 70.8 Å². The van der Waals surface area contributed by atoms with Crippen molar-refractivity contribution in [1.82, 2.24) is 0 Å². The normalized spacial score (nSPS) is 10.5. The molecule has 2 rings (SSSR count). The lowest BCUT2D eigenvalue weighted by Crippen LogP contribution is -2.22. The van der Waals surface area contributed by atoms with Crippen molar-refractivity contribution in [2.75, 3.05) is 0 Å². The third-order valence-corrected chi connectivity index (χ3v) is 4.27. The quantitative estimate of drug-likeness (QED) is 0.533. The van der Waals surface area contributed by atoms with Gasteiger partial charge in [0.25, 0.3) is 0 Å². The Morgan fingerprint density at radius 3 is 1.57 bits per heavy atom. The Morgan fingerprint density at radius 2 is 1.17 bits per heavy atom. The van der Waals surface area contributed by atoms with Gasteiger partial charge in [0.15, 0.2) is 0 Å². The maximum absolute atomic E-state index is 4.70. The fourth-order valence-corrected chi connectivity index (χ4v) is 3.04.